The minimum Gasteiger partial charge on any atom is -0.348 e. The third-order valence-electron chi connectivity index (χ3n) is 7.94. The maximum atomic E-state index is 13.0. The molecule has 6 rings (SSSR count). The highest BCUT2D eigenvalue weighted by Crippen LogP contribution is 2.34. The van der Waals surface area contributed by atoms with Crippen LogP contribution in [-0.4, -0.2) is 25.8 Å². The molecule has 0 fully saturated rings. The summed E-state index contributed by atoms with van der Waals surface area (Å²) in [7, 11) is 0. The van der Waals surface area contributed by atoms with E-state index < -0.39 is 0 Å². The third-order valence-corrected chi connectivity index (χ3v) is 7.94. The predicted molar refractivity (Wildman–Crippen MR) is 159 cm³/mol. The average Bonchev–Trinajstić information content (AvgIpc) is 3.38. The van der Waals surface area contributed by atoms with E-state index in [0.29, 0.717) is 13.1 Å². The first-order valence-corrected chi connectivity index (χ1v) is 14.1. The Bertz CT molecular complexity index is 1600. The Kier molecular flexibility index (Phi) is 7.43. The summed E-state index contributed by atoms with van der Waals surface area (Å²) in [6, 6.07) is 27.2. The molecule has 0 saturated carbocycles. The normalized spacial score (nSPS) is 14.8. The van der Waals surface area contributed by atoms with Gasteiger partial charge in [0.25, 0.3) is 5.91 Å². The molecule has 0 spiro atoms. The van der Waals surface area contributed by atoms with E-state index in [-0.39, 0.29) is 11.9 Å². The Morgan fingerprint density at radius 1 is 0.950 bits per heavy atom. The lowest BCUT2D eigenvalue weighted by Crippen LogP contribution is -2.32. The van der Waals surface area contributed by atoms with E-state index in [1.807, 2.05) is 62.5 Å². The molecule has 1 unspecified atom stereocenters. The zero-order valence-corrected chi connectivity index (χ0v) is 23.2. The fourth-order valence-corrected chi connectivity index (χ4v) is 6.01. The number of nitrogens with zero attached hydrogens (tertiary/aromatic N) is 3. The van der Waals surface area contributed by atoms with Crippen LogP contribution in [0.2, 0.25) is 0 Å². The number of aryl methyl sites for hydroxylation is 3. The second-order valence-corrected chi connectivity index (χ2v) is 10.8. The van der Waals surface area contributed by atoms with Crippen molar-refractivity contribution < 1.29 is 4.79 Å². The van der Waals surface area contributed by atoms with Gasteiger partial charge in [-0.05, 0) is 79.1 Å². The number of aromatic nitrogens is 3. The standard InChI is InChI=1S/C34H35N5O/c1-23-9-5-10-24(2)32(23)34(40)36-20-25-11-6-12-26(19-25)21-39(22-31-37-28-15-3-4-16-29(28)38-31)30-17-7-13-27-14-8-18-35-33(27)30/h3-6,8-12,14-16,18-19,30H,7,13,17,20-22H2,1-2H3,(H,36,40)(H,37,38). The van der Waals surface area contributed by atoms with Gasteiger partial charge in [-0.2, -0.15) is 0 Å². The highest BCUT2D eigenvalue weighted by atomic mass is 16.1. The van der Waals surface area contributed by atoms with E-state index >= 15 is 0 Å². The summed E-state index contributed by atoms with van der Waals surface area (Å²) in [4.78, 5) is 28.7. The number of rotatable bonds is 8. The van der Waals surface area contributed by atoms with Gasteiger partial charge in [0.15, 0.2) is 0 Å². The minimum atomic E-state index is -0.0302. The molecule has 2 heterocycles. The van der Waals surface area contributed by atoms with Crippen LogP contribution in [0.25, 0.3) is 11.0 Å². The smallest absolute Gasteiger partial charge is 0.252 e. The largest absolute Gasteiger partial charge is 0.348 e. The van der Waals surface area contributed by atoms with Gasteiger partial charge >= 0.3 is 0 Å². The van der Waals surface area contributed by atoms with Crippen molar-refractivity contribution >= 4 is 16.9 Å². The van der Waals surface area contributed by atoms with Gasteiger partial charge in [-0.25, -0.2) is 4.98 Å². The molecule has 2 aromatic heterocycles. The van der Waals surface area contributed by atoms with E-state index in [2.05, 4.69) is 51.6 Å². The van der Waals surface area contributed by atoms with E-state index in [0.717, 1.165) is 64.9 Å². The third kappa shape index (κ3) is 5.54. The first kappa shape index (κ1) is 26.0. The van der Waals surface area contributed by atoms with Crippen molar-refractivity contribution in [1.29, 1.82) is 0 Å². The molecule has 1 amide bonds. The number of H-pyrrole nitrogens is 1. The van der Waals surface area contributed by atoms with Gasteiger partial charge in [0, 0.05) is 24.8 Å². The summed E-state index contributed by atoms with van der Waals surface area (Å²) in [5, 5.41) is 3.13. The second-order valence-electron chi connectivity index (χ2n) is 10.8. The summed E-state index contributed by atoms with van der Waals surface area (Å²) in [6.07, 6.45) is 5.20. The molecule has 5 aromatic rings. The first-order chi connectivity index (χ1) is 19.5. The number of para-hydroxylation sites is 2. The SMILES string of the molecule is Cc1cccc(C)c1C(=O)NCc1cccc(CN(Cc2nc3ccccc3[nH]2)C2CCCc3cccnc32)c1. The topological polar surface area (TPSA) is 73.9 Å². The molecule has 3 aromatic carbocycles. The van der Waals surface area contributed by atoms with Crippen molar-refractivity contribution in [3.05, 3.63) is 130 Å². The van der Waals surface area contributed by atoms with Gasteiger partial charge in [0.05, 0.1) is 29.3 Å². The van der Waals surface area contributed by atoms with Crippen LogP contribution in [0.1, 0.15) is 68.6 Å². The van der Waals surface area contributed by atoms with Crippen LogP contribution in [0.15, 0.2) is 85.1 Å². The fourth-order valence-electron chi connectivity index (χ4n) is 6.01. The van der Waals surface area contributed by atoms with E-state index in [1.54, 1.807) is 0 Å². The Morgan fingerprint density at radius 2 is 1.75 bits per heavy atom. The summed E-state index contributed by atoms with van der Waals surface area (Å²) in [5.74, 6) is 0.929. The number of amides is 1. The van der Waals surface area contributed by atoms with E-state index in [9.17, 15) is 4.79 Å². The molecule has 1 atom stereocenters. The van der Waals surface area contributed by atoms with Crippen LogP contribution in [0.3, 0.4) is 0 Å². The number of carbonyl (C=O) groups is 1. The fraction of sp³-hybridized carbons (Fsp3) is 0.265. The van der Waals surface area contributed by atoms with E-state index in [1.165, 1.54) is 16.8 Å². The molecule has 202 valence electrons. The number of imidazole rings is 1. The molecule has 0 radical (unpaired) electrons. The van der Waals surface area contributed by atoms with Gasteiger partial charge in [0.1, 0.15) is 5.82 Å². The van der Waals surface area contributed by atoms with Gasteiger partial charge in [-0.1, -0.05) is 60.7 Å². The molecular weight excluding hydrogens is 494 g/mol. The Labute approximate surface area is 235 Å². The minimum absolute atomic E-state index is 0.0302. The number of benzene rings is 3. The van der Waals surface area contributed by atoms with Gasteiger partial charge in [-0.15, -0.1) is 0 Å². The number of fused-ring (bicyclic) bond motifs is 2. The maximum absolute atomic E-state index is 13.0. The van der Waals surface area contributed by atoms with Gasteiger partial charge in [0.2, 0.25) is 0 Å². The number of hydrogen-bond acceptors (Lipinski definition) is 4. The van der Waals surface area contributed by atoms with Crippen LogP contribution in [0.5, 0.6) is 0 Å². The van der Waals surface area contributed by atoms with Crippen LogP contribution in [0.4, 0.5) is 0 Å². The zero-order valence-electron chi connectivity index (χ0n) is 23.2. The molecule has 6 heteroatoms. The zero-order chi connectivity index (χ0) is 27.5. The van der Waals surface area contributed by atoms with Crippen molar-refractivity contribution in [2.45, 2.75) is 58.8 Å². The number of carbonyl (C=O) groups excluding carboxylic acids is 1. The molecule has 40 heavy (non-hydrogen) atoms. The van der Waals surface area contributed by atoms with Gasteiger partial charge < -0.3 is 10.3 Å². The number of hydrogen-bond donors (Lipinski definition) is 2. The summed E-state index contributed by atoms with van der Waals surface area (Å²) in [6.45, 7) is 5.91. The number of pyridine rings is 1. The van der Waals surface area contributed by atoms with Crippen molar-refractivity contribution in [2.24, 2.45) is 0 Å². The summed E-state index contributed by atoms with van der Waals surface area (Å²) >= 11 is 0. The molecule has 6 nitrogen and oxygen atoms in total. The summed E-state index contributed by atoms with van der Waals surface area (Å²) < 4.78 is 0. The second kappa shape index (κ2) is 11.4. The maximum Gasteiger partial charge on any atom is 0.252 e. The lowest BCUT2D eigenvalue weighted by molar-refractivity contribution is 0.0949. The lowest BCUT2D eigenvalue weighted by Gasteiger charge is -2.34. The van der Waals surface area contributed by atoms with Crippen LogP contribution < -0.4 is 5.32 Å². The molecule has 0 bridgehead atoms. The molecule has 0 aliphatic heterocycles. The molecule has 1 aliphatic carbocycles. The van der Waals surface area contributed by atoms with E-state index in [4.69, 9.17) is 9.97 Å². The molecule has 1 aliphatic rings. The van der Waals surface area contributed by atoms with Crippen molar-refractivity contribution in [3.63, 3.8) is 0 Å². The molecule has 2 N–H and O–H groups in total. The molecule has 0 saturated heterocycles. The van der Waals surface area contributed by atoms with Crippen molar-refractivity contribution in [1.82, 2.24) is 25.2 Å². The first-order valence-electron chi connectivity index (χ1n) is 14.1. The predicted octanol–water partition coefficient (Wildman–Crippen LogP) is 6.58. The number of nitrogens with one attached hydrogen (secondary N) is 2. The average molecular weight is 530 g/mol. The van der Waals surface area contributed by atoms with Crippen LogP contribution >= 0.6 is 0 Å². The van der Waals surface area contributed by atoms with Crippen molar-refractivity contribution in [2.75, 3.05) is 0 Å². The van der Waals surface area contributed by atoms with Crippen LogP contribution in [0, 0.1) is 13.8 Å². The van der Waals surface area contributed by atoms with Crippen molar-refractivity contribution in [3.8, 4) is 0 Å². The van der Waals surface area contributed by atoms with Crippen LogP contribution in [-0.2, 0) is 26.1 Å². The Balaban J connectivity index is 1.24. The highest BCUT2D eigenvalue weighted by molar-refractivity contribution is 5.97. The summed E-state index contributed by atoms with van der Waals surface area (Å²) in [5.41, 5.74) is 9.61. The Morgan fingerprint density at radius 3 is 2.60 bits per heavy atom. The highest BCUT2D eigenvalue weighted by Gasteiger charge is 2.28. The molecular formula is C34H35N5O. The van der Waals surface area contributed by atoms with Gasteiger partial charge in [-0.3, -0.25) is 14.7 Å². The lowest BCUT2D eigenvalue weighted by atomic mass is 9.90. The Hall–Kier alpha value is -4.29. The number of aromatic amines is 1. The monoisotopic (exact) mass is 529 g/mol. The quantitative estimate of drug-likeness (QED) is 0.238.